The van der Waals surface area contributed by atoms with Crippen LogP contribution in [0.3, 0.4) is 0 Å². The van der Waals surface area contributed by atoms with Gasteiger partial charge in [-0.1, -0.05) is 0 Å². The van der Waals surface area contributed by atoms with Gasteiger partial charge in [0.25, 0.3) is 0 Å². The number of hydrogen-bond acceptors (Lipinski definition) is 1. The Bertz CT molecular complexity index is 107. The smallest absolute Gasteiger partial charge is 0.0812 e. The Hall–Kier alpha value is 0.400. The Morgan fingerprint density at radius 1 is 1.36 bits per heavy atom. The summed E-state index contributed by atoms with van der Waals surface area (Å²) in [6, 6.07) is 0. The number of halogens is 1. The lowest BCUT2D eigenvalue weighted by Gasteiger charge is -2.23. The molecule has 0 N–H and O–H groups in total. The van der Waals surface area contributed by atoms with Gasteiger partial charge in [0.2, 0.25) is 0 Å². The van der Waals surface area contributed by atoms with Crippen molar-refractivity contribution in [2.24, 2.45) is 0 Å². The Morgan fingerprint density at radius 3 is 2.27 bits per heavy atom. The first-order valence-corrected chi connectivity index (χ1v) is 4.00. The summed E-state index contributed by atoms with van der Waals surface area (Å²) >= 11 is 0. The second-order valence-electron chi connectivity index (χ2n) is 4.11. The first-order valence-electron chi connectivity index (χ1n) is 4.00. The molecule has 0 saturated carbocycles. The molecule has 1 fully saturated rings. The van der Waals surface area contributed by atoms with Gasteiger partial charge in [0.05, 0.1) is 40.4 Å². The molecule has 1 aliphatic rings. The molecule has 1 rings (SSSR count). The van der Waals surface area contributed by atoms with Crippen molar-refractivity contribution in [3.8, 4) is 0 Å². The van der Waals surface area contributed by atoms with Crippen molar-refractivity contribution in [3.63, 3.8) is 0 Å². The molecule has 1 heterocycles. The third-order valence-corrected chi connectivity index (χ3v) is 1.76. The first kappa shape index (κ1) is 11.4. The third-order valence-electron chi connectivity index (χ3n) is 1.76. The molecule has 1 saturated heterocycles. The second-order valence-corrected chi connectivity index (χ2v) is 4.11. The molecule has 3 heteroatoms. The lowest BCUT2D eigenvalue weighted by molar-refractivity contribution is -0.870. The molecule has 0 spiro atoms. The number of hydrogen-bond donors (Lipinski definition) is 0. The molecule has 68 valence electrons. The van der Waals surface area contributed by atoms with E-state index in [0.29, 0.717) is 6.10 Å². The van der Waals surface area contributed by atoms with Crippen LogP contribution in [0.25, 0.3) is 0 Å². The van der Waals surface area contributed by atoms with Crippen molar-refractivity contribution in [1.29, 1.82) is 0 Å². The minimum absolute atomic E-state index is 0. The van der Waals surface area contributed by atoms with E-state index in [1.54, 1.807) is 0 Å². The van der Waals surface area contributed by atoms with Gasteiger partial charge in [-0.2, -0.15) is 0 Å². The van der Waals surface area contributed by atoms with Crippen molar-refractivity contribution in [2.75, 3.05) is 34.3 Å². The molecule has 0 aromatic heterocycles. The van der Waals surface area contributed by atoms with E-state index >= 15 is 0 Å². The Morgan fingerprint density at radius 2 is 1.91 bits per heavy atom. The Balaban J connectivity index is 0.000001000. The zero-order valence-corrected chi connectivity index (χ0v) is 9.23. The largest absolute Gasteiger partial charge is 1.00 e. The molecule has 0 bridgehead atoms. The number of rotatable bonds is 4. The Kier molecular flexibility index (Phi) is 4.59. The van der Waals surface area contributed by atoms with Crippen molar-refractivity contribution >= 4 is 0 Å². The maximum atomic E-state index is 5.12. The van der Waals surface area contributed by atoms with Gasteiger partial charge >= 0.3 is 0 Å². The normalized spacial score (nSPS) is 22.6. The lowest BCUT2D eigenvalue weighted by atomic mass is 10.2. The van der Waals surface area contributed by atoms with Crippen LogP contribution in [0.1, 0.15) is 12.8 Å². The highest BCUT2D eigenvalue weighted by Crippen LogP contribution is 2.15. The number of ether oxygens (including phenoxy) is 1. The van der Waals surface area contributed by atoms with Crippen molar-refractivity contribution < 1.29 is 26.2 Å². The number of nitrogens with zero attached hydrogens (tertiary/aromatic N) is 1. The van der Waals surface area contributed by atoms with E-state index in [9.17, 15) is 0 Å². The average molecular weight is 224 g/mol. The quantitative estimate of drug-likeness (QED) is 0.393. The highest BCUT2D eigenvalue weighted by molar-refractivity contribution is 4.67. The molecule has 0 aliphatic carbocycles. The fourth-order valence-corrected chi connectivity index (χ4v) is 1.03. The minimum Gasteiger partial charge on any atom is -1.00 e. The summed E-state index contributed by atoms with van der Waals surface area (Å²) in [5, 5.41) is 0. The molecule has 2 nitrogen and oxygen atoms in total. The summed E-state index contributed by atoms with van der Waals surface area (Å²) in [4.78, 5) is 0. The predicted octanol–water partition coefficient (Wildman–Crippen LogP) is -2.12. The lowest BCUT2D eigenvalue weighted by Crippen LogP contribution is -3.00. The maximum absolute atomic E-state index is 5.12. The predicted molar refractivity (Wildman–Crippen MR) is 41.9 cm³/mol. The van der Waals surface area contributed by atoms with E-state index in [1.807, 2.05) is 0 Å². The van der Waals surface area contributed by atoms with E-state index in [0.717, 1.165) is 11.1 Å². The zero-order chi connectivity index (χ0) is 7.61. The van der Waals surface area contributed by atoms with Gasteiger partial charge in [0, 0.05) is 0 Å². The summed E-state index contributed by atoms with van der Waals surface area (Å²) in [5.41, 5.74) is 0. The van der Waals surface area contributed by atoms with Crippen LogP contribution in [0, 0.1) is 0 Å². The summed E-state index contributed by atoms with van der Waals surface area (Å²) in [6.45, 7) is 2.27. The molecule has 0 amide bonds. The van der Waals surface area contributed by atoms with Crippen LogP contribution < -0.4 is 17.0 Å². The molecular weight excluding hydrogens is 206 g/mol. The SMILES string of the molecule is C[N+](C)(C)CCCC1CO1.[Br-]. The first-order chi connectivity index (χ1) is 4.58. The van der Waals surface area contributed by atoms with Crippen LogP contribution in [0.5, 0.6) is 0 Å². The summed E-state index contributed by atoms with van der Waals surface area (Å²) in [6.07, 6.45) is 3.18. The highest BCUT2D eigenvalue weighted by Gasteiger charge is 2.22. The summed E-state index contributed by atoms with van der Waals surface area (Å²) in [5.74, 6) is 0. The van der Waals surface area contributed by atoms with Crippen LogP contribution in [-0.2, 0) is 4.74 Å². The molecule has 1 unspecified atom stereocenters. The summed E-state index contributed by atoms with van der Waals surface area (Å²) in [7, 11) is 6.69. The van der Waals surface area contributed by atoms with Crippen LogP contribution in [-0.4, -0.2) is 44.9 Å². The van der Waals surface area contributed by atoms with Crippen LogP contribution in [0.2, 0.25) is 0 Å². The van der Waals surface area contributed by atoms with Gasteiger partial charge in [-0.3, -0.25) is 0 Å². The molecule has 11 heavy (non-hydrogen) atoms. The van der Waals surface area contributed by atoms with Crippen molar-refractivity contribution in [1.82, 2.24) is 0 Å². The molecule has 1 atom stereocenters. The summed E-state index contributed by atoms with van der Waals surface area (Å²) < 4.78 is 6.19. The fraction of sp³-hybridized carbons (Fsp3) is 1.00. The van der Waals surface area contributed by atoms with Crippen molar-refractivity contribution in [2.45, 2.75) is 18.9 Å². The van der Waals surface area contributed by atoms with E-state index in [4.69, 9.17) is 4.74 Å². The van der Waals surface area contributed by atoms with Gasteiger partial charge in [0.15, 0.2) is 0 Å². The van der Waals surface area contributed by atoms with Gasteiger partial charge in [-0.05, 0) is 12.8 Å². The van der Waals surface area contributed by atoms with E-state index in [2.05, 4.69) is 21.1 Å². The fourth-order valence-electron chi connectivity index (χ4n) is 1.03. The second kappa shape index (κ2) is 4.43. The maximum Gasteiger partial charge on any atom is 0.0812 e. The van der Waals surface area contributed by atoms with Crippen LogP contribution >= 0.6 is 0 Å². The molecular formula is C8H18BrNO. The third kappa shape index (κ3) is 6.78. The number of epoxide rings is 1. The van der Waals surface area contributed by atoms with Gasteiger partial charge in [0.1, 0.15) is 0 Å². The van der Waals surface area contributed by atoms with E-state index in [-0.39, 0.29) is 17.0 Å². The molecule has 0 radical (unpaired) electrons. The number of quaternary nitrogens is 1. The topological polar surface area (TPSA) is 12.5 Å². The zero-order valence-electron chi connectivity index (χ0n) is 7.64. The highest BCUT2D eigenvalue weighted by atomic mass is 79.9. The van der Waals surface area contributed by atoms with Crippen LogP contribution in [0.4, 0.5) is 0 Å². The minimum atomic E-state index is 0. The molecule has 0 aromatic carbocycles. The van der Waals surface area contributed by atoms with E-state index < -0.39 is 0 Å². The average Bonchev–Trinajstić information content (AvgIpc) is 2.45. The van der Waals surface area contributed by atoms with Gasteiger partial charge in [-0.25, -0.2) is 0 Å². The Labute approximate surface area is 79.9 Å². The van der Waals surface area contributed by atoms with Gasteiger partial charge in [-0.15, -0.1) is 0 Å². The van der Waals surface area contributed by atoms with Crippen LogP contribution in [0.15, 0.2) is 0 Å². The van der Waals surface area contributed by atoms with Crippen molar-refractivity contribution in [3.05, 3.63) is 0 Å². The monoisotopic (exact) mass is 223 g/mol. The van der Waals surface area contributed by atoms with Gasteiger partial charge < -0.3 is 26.2 Å². The standard InChI is InChI=1S/C8H18NO.BrH/c1-9(2,3)6-4-5-8-7-10-8;/h8H,4-7H2,1-3H3;1H/q+1;/p-1. The van der Waals surface area contributed by atoms with E-state index in [1.165, 1.54) is 19.4 Å². The molecule has 1 aliphatic heterocycles. The molecule has 0 aromatic rings.